The van der Waals surface area contributed by atoms with Crippen LogP contribution in [0.3, 0.4) is 0 Å². The highest BCUT2D eigenvalue weighted by atomic mass is 32.2. The van der Waals surface area contributed by atoms with Gasteiger partial charge in [-0.2, -0.15) is 0 Å². The molecule has 3 aromatic carbocycles. The van der Waals surface area contributed by atoms with Crippen LogP contribution in [0.25, 0.3) is 6.08 Å². The predicted molar refractivity (Wildman–Crippen MR) is 135 cm³/mol. The van der Waals surface area contributed by atoms with Crippen LogP contribution in [0.1, 0.15) is 16.7 Å². The van der Waals surface area contributed by atoms with Crippen LogP contribution in [-0.2, 0) is 17.9 Å². The minimum absolute atomic E-state index is 0.0325. The maximum absolute atomic E-state index is 13.0. The van der Waals surface area contributed by atoms with Crippen molar-refractivity contribution in [1.29, 1.82) is 0 Å². The Labute approximate surface area is 214 Å². The van der Waals surface area contributed by atoms with E-state index < -0.39 is 21.0 Å². The van der Waals surface area contributed by atoms with Crippen LogP contribution in [0, 0.1) is 20.2 Å². The average molecular weight is 522 g/mol. The van der Waals surface area contributed by atoms with Crippen molar-refractivity contribution in [3.63, 3.8) is 0 Å². The number of carbonyl (C=O) groups excluding carboxylic acids is 2. The molecule has 0 spiro atoms. The molecule has 0 N–H and O–H groups in total. The van der Waals surface area contributed by atoms with Crippen molar-refractivity contribution in [2.45, 2.75) is 13.2 Å². The summed E-state index contributed by atoms with van der Waals surface area (Å²) in [5.74, 6) is -0.377. The Morgan fingerprint density at radius 2 is 1.59 bits per heavy atom. The van der Waals surface area contributed by atoms with Crippen molar-refractivity contribution in [2.75, 3.05) is 7.11 Å². The molecule has 0 unspecified atom stereocenters. The lowest BCUT2D eigenvalue weighted by molar-refractivity contribution is -0.385. The van der Waals surface area contributed by atoms with Crippen molar-refractivity contribution >= 4 is 40.4 Å². The standard InChI is InChI=1S/C25H19N3O8S/c1-35-21-11-18(20(28(33)34)13-22(21)36-15-16-7-3-2-4-8-16)12-23-24(29)26(25(30)37-23)14-17-9-5-6-10-19(17)27(31)32/h2-13H,14-15H2,1H3/b23-12+. The maximum atomic E-state index is 13.0. The quantitative estimate of drug-likeness (QED) is 0.207. The third kappa shape index (κ3) is 5.59. The van der Waals surface area contributed by atoms with Crippen molar-refractivity contribution in [2.24, 2.45) is 0 Å². The molecule has 1 heterocycles. The molecule has 0 aliphatic carbocycles. The Morgan fingerprint density at radius 3 is 2.27 bits per heavy atom. The molecule has 0 atom stereocenters. The molecule has 4 rings (SSSR count). The van der Waals surface area contributed by atoms with Crippen LogP contribution in [0.5, 0.6) is 11.5 Å². The second kappa shape index (κ2) is 10.9. The highest BCUT2D eigenvalue weighted by Gasteiger charge is 2.37. The van der Waals surface area contributed by atoms with Gasteiger partial charge in [0.15, 0.2) is 11.5 Å². The first kappa shape index (κ1) is 25.4. The fourth-order valence-corrected chi connectivity index (χ4v) is 4.45. The topological polar surface area (TPSA) is 142 Å². The zero-order valence-corrected chi connectivity index (χ0v) is 20.2. The van der Waals surface area contributed by atoms with E-state index in [-0.39, 0.29) is 52.1 Å². The third-order valence-electron chi connectivity index (χ3n) is 5.42. The molecule has 1 aliphatic rings. The fraction of sp³-hybridized carbons (Fsp3) is 0.120. The number of hydrogen-bond donors (Lipinski definition) is 0. The zero-order chi connectivity index (χ0) is 26.5. The monoisotopic (exact) mass is 521 g/mol. The number of methoxy groups -OCH3 is 1. The number of amides is 2. The molecule has 2 amide bonds. The van der Waals surface area contributed by atoms with Gasteiger partial charge in [-0.3, -0.25) is 34.7 Å². The Hall–Kier alpha value is -4.71. The molecular weight excluding hydrogens is 502 g/mol. The summed E-state index contributed by atoms with van der Waals surface area (Å²) in [6.45, 7) is -0.158. The van der Waals surface area contributed by atoms with Gasteiger partial charge in [0, 0.05) is 11.6 Å². The van der Waals surface area contributed by atoms with Crippen LogP contribution in [0.2, 0.25) is 0 Å². The Balaban J connectivity index is 1.63. The molecule has 37 heavy (non-hydrogen) atoms. The number of benzene rings is 3. The van der Waals surface area contributed by atoms with Gasteiger partial charge in [-0.25, -0.2) is 0 Å². The molecule has 0 saturated carbocycles. The van der Waals surface area contributed by atoms with E-state index in [0.717, 1.165) is 10.5 Å². The number of nitro benzene ring substituents is 2. The highest BCUT2D eigenvalue weighted by Crippen LogP contribution is 2.40. The third-order valence-corrected chi connectivity index (χ3v) is 6.33. The minimum Gasteiger partial charge on any atom is -0.493 e. The minimum atomic E-state index is -0.717. The first-order chi connectivity index (χ1) is 17.8. The van der Waals surface area contributed by atoms with E-state index >= 15 is 0 Å². The molecule has 1 aliphatic heterocycles. The molecule has 11 nitrogen and oxygen atoms in total. The van der Waals surface area contributed by atoms with E-state index in [4.69, 9.17) is 9.47 Å². The molecule has 3 aromatic rings. The summed E-state index contributed by atoms with van der Waals surface area (Å²) in [6.07, 6.45) is 1.23. The Morgan fingerprint density at radius 1 is 0.919 bits per heavy atom. The lowest BCUT2D eigenvalue weighted by Gasteiger charge is -2.13. The number of nitro groups is 2. The van der Waals surface area contributed by atoms with Crippen LogP contribution >= 0.6 is 11.8 Å². The van der Waals surface area contributed by atoms with E-state index in [0.29, 0.717) is 11.8 Å². The van der Waals surface area contributed by atoms with Crippen LogP contribution < -0.4 is 9.47 Å². The molecule has 188 valence electrons. The van der Waals surface area contributed by atoms with Gasteiger partial charge in [0.25, 0.3) is 22.5 Å². The van der Waals surface area contributed by atoms with E-state index in [1.807, 2.05) is 30.3 Å². The van der Waals surface area contributed by atoms with Crippen molar-refractivity contribution < 1.29 is 28.9 Å². The van der Waals surface area contributed by atoms with E-state index in [2.05, 4.69) is 0 Å². The van der Waals surface area contributed by atoms with Crippen LogP contribution in [-0.4, -0.2) is 33.0 Å². The number of hydrogen-bond acceptors (Lipinski definition) is 9. The van der Waals surface area contributed by atoms with E-state index in [1.165, 1.54) is 43.5 Å². The smallest absolute Gasteiger partial charge is 0.293 e. The molecule has 0 aromatic heterocycles. The second-order valence-corrected chi connectivity index (χ2v) is 8.74. The van der Waals surface area contributed by atoms with Gasteiger partial charge in [-0.15, -0.1) is 0 Å². The zero-order valence-electron chi connectivity index (χ0n) is 19.4. The summed E-state index contributed by atoms with van der Waals surface area (Å²) in [7, 11) is 1.38. The van der Waals surface area contributed by atoms with Gasteiger partial charge in [0.05, 0.1) is 40.0 Å². The Kier molecular flexibility index (Phi) is 7.49. The fourth-order valence-electron chi connectivity index (χ4n) is 3.62. The SMILES string of the molecule is COc1cc(/C=C2/SC(=O)N(Cc3ccccc3[N+](=O)[O-])C2=O)c([N+](=O)[O-])cc1OCc1ccccc1. The number of rotatable bonds is 9. The van der Waals surface area contributed by atoms with Gasteiger partial charge in [0.2, 0.25) is 0 Å². The van der Waals surface area contributed by atoms with Gasteiger partial charge < -0.3 is 9.47 Å². The Bertz CT molecular complexity index is 1420. The summed E-state index contributed by atoms with van der Waals surface area (Å²) in [5.41, 5.74) is 0.490. The lowest BCUT2D eigenvalue weighted by atomic mass is 10.1. The van der Waals surface area contributed by atoms with E-state index in [1.54, 1.807) is 6.07 Å². The van der Waals surface area contributed by atoms with Crippen molar-refractivity contribution in [3.8, 4) is 11.5 Å². The van der Waals surface area contributed by atoms with Gasteiger partial charge in [0.1, 0.15) is 6.61 Å². The van der Waals surface area contributed by atoms with Crippen molar-refractivity contribution in [1.82, 2.24) is 4.90 Å². The van der Waals surface area contributed by atoms with E-state index in [9.17, 15) is 29.8 Å². The molecule has 0 radical (unpaired) electrons. The number of para-hydroxylation sites is 1. The summed E-state index contributed by atoms with van der Waals surface area (Å²) >= 11 is 0.590. The number of nitrogens with zero attached hydrogens (tertiary/aromatic N) is 3. The number of thioether (sulfide) groups is 1. The summed E-state index contributed by atoms with van der Waals surface area (Å²) in [5, 5.41) is 22.5. The predicted octanol–water partition coefficient (Wildman–Crippen LogP) is 5.33. The summed E-state index contributed by atoms with van der Waals surface area (Å²) < 4.78 is 11.1. The van der Waals surface area contributed by atoms with Crippen molar-refractivity contribution in [3.05, 3.63) is 109 Å². The number of carbonyl (C=O) groups is 2. The average Bonchev–Trinajstić information content (AvgIpc) is 3.15. The van der Waals surface area contributed by atoms with Gasteiger partial charge in [-0.05, 0) is 29.5 Å². The molecular formula is C25H19N3O8S. The molecule has 12 heteroatoms. The lowest BCUT2D eigenvalue weighted by Crippen LogP contribution is -2.27. The normalized spacial score (nSPS) is 14.2. The number of imide groups is 1. The first-order valence-electron chi connectivity index (χ1n) is 10.8. The first-order valence-corrected chi connectivity index (χ1v) is 11.6. The molecule has 1 fully saturated rings. The number of ether oxygens (including phenoxy) is 2. The second-order valence-electron chi connectivity index (χ2n) is 7.75. The highest BCUT2D eigenvalue weighted by molar-refractivity contribution is 8.18. The molecule has 1 saturated heterocycles. The summed E-state index contributed by atoms with van der Waals surface area (Å²) in [4.78, 5) is 48.2. The molecule has 0 bridgehead atoms. The van der Waals surface area contributed by atoms with Crippen LogP contribution in [0.4, 0.5) is 16.2 Å². The van der Waals surface area contributed by atoms with Gasteiger partial charge in [-0.1, -0.05) is 48.5 Å². The summed E-state index contributed by atoms with van der Waals surface area (Å²) in [6, 6.07) is 17.5. The maximum Gasteiger partial charge on any atom is 0.293 e. The van der Waals surface area contributed by atoms with Crippen LogP contribution in [0.15, 0.2) is 71.6 Å². The van der Waals surface area contributed by atoms with Gasteiger partial charge >= 0.3 is 0 Å². The largest absolute Gasteiger partial charge is 0.493 e.